The smallest absolute Gasteiger partial charge is 0.254 e. The Kier molecular flexibility index (Phi) is 3.03. The number of hydrogen-bond acceptors (Lipinski definition) is 2. The zero-order valence-corrected chi connectivity index (χ0v) is 8.34. The van der Waals surface area contributed by atoms with Crippen molar-refractivity contribution >= 4 is 0 Å². The molecule has 1 aromatic rings. The molecule has 0 spiro atoms. The van der Waals surface area contributed by atoms with Gasteiger partial charge in [-0.05, 0) is 5.92 Å². The largest absolute Gasteiger partial charge is 0.435 e. The number of hydrogen-bond donors (Lipinski definition) is 0. The molecule has 0 N–H and O–H groups in total. The number of nitriles is 1. The van der Waals surface area contributed by atoms with Crippen molar-refractivity contribution in [3.63, 3.8) is 0 Å². The molecule has 3 nitrogen and oxygen atoms in total. The lowest BCUT2D eigenvalue weighted by molar-refractivity contribution is -0.141. The zero-order valence-electron chi connectivity index (χ0n) is 8.34. The summed E-state index contributed by atoms with van der Waals surface area (Å²) in [4.78, 5) is 0. The van der Waals surface area contributed by atoms with Gasteiger partial charge in [0.2, 0.25) is 0 Å². The first kappa shape index (κ1) is 11.6. The van der Waals surface area contributed by atoms with E-state index in [0.717, 1.165) is 10.7 Å². The normalized spacial score (nSPS) is 11.8. The van der Waals surface area contributed by atoms with Crippen LogP contribution >= 0.6 is 0 Å². The molecule has 0 aliphatic carbocycles. The minimum Gasteiger partial charge on any atom is -0.254 e. The summed E-state index contributed by atoms with van der Waals surface area (Å²) in [7, 11) is 0. The molecule has 0 radical (unpaired) electrons. The van der Waals surface area contributed by atoms with Crippen molar-refractivity contribution < 1.29 is 13.2 Å². The van der Waals surface area contributed by atoms with E-state index >= 15 is 0 Å². The van der Waals surface area contributed by atoms with E-state index in [4.69, 9.17) is 5.26 Å². The minimum absolute atomic E-state index is 0.0592. The summed E-state index contributed by atoms with van der Waals surface area (Å²) >= 11 is 0. The predicted octanol–water partition coefficient (Wildman–Crippen LogP) is 2.43. The van der Waals surface area contributed by atoms with Gasteiger partial charge in [0, 0.05) is 12.6 Å². The summed E-state index contributed by atoms with van der Waals surface area (Å²) in [6.07, 6.45) is -4.49. The predicted molar refractivity (Wildman–Crippen MR) is 46.8 cm³/mol. The first-order valence-electron chi connectivity index (χ1n) is 4.39. The summed E-state index contributed by atoms with van der Waals surface area (Å²) in [5.41, 5.74) is -1.07. The standard InChI is InChI=1S/C9H10F3N3/c1-6(2)5-15-7(4-13)3-8(14-15)9(10,11)12/h3,6H,5H2,1-2H3. The lowest BCUT2D eigenvalue weighted by Crippen LogP contribution is -2.11. The number of rotatable bonds is 2. The van der Waals surface area contributed by atoms with Crippen LogP contribution in [0.2, 0.25) is 0 Å². The van der Waals surface area contributed by atoms with Gasteiger partial charge in [0.15, 0.2) is 5.69 Å². The maximum absolute atomic E-state index is 12.3. The Balaban J connectivity index is 3.08. The van der Waals surface area contributed by atoms with Gasteiger partial charge in [-0.3, -0.25) is 4.68 Å². The van der Waals surface area contributed by atoms with Crippen molar-refractivity contribution in [2.75, 3.05) is 0 Å². The molecule has 0 aliphatic rings. The fourth-order valence-corrected chi connectivity index (χ4v) is 1.13. The van der Waals surface area contributed by atoms with Gasteiger partial charge in [0.25, 0.3) is 0 Å². The average molecular weight is 217 g/mol. The Hall–Kier alpha value is -1.51. The molecule has 0 saturated heterocycles. The second-order valence-corrected chi connectivity index (χ2v) is 3.60. The molecular formula is C9H10F3N3. The molecule has 1 aromatic heterocycles. The Bertz CT molecular complexity index is 384. The van der Waals surface area contributed by atoms with Crippen molar-refractivity contribution in [1.29, 1.82) is 5.26 Å². The van der Waals surface area contributed by atoms with Crippen LogP contribution in [-0.4, -0.2) is 9.78 Å². The van der Waals surface area contributed by atoms with Gasteiger partial charge in [0.1, 0.15) is 11.8 Å². The highest BCUT2D eigenvalue weighted by Gasteiger charge is 2.34. The summed E-state index contributed by atoms with van der Waals surface area (Å²) < 4.78 is 37.9. The van der Waals surface area contributed by atoms with E-state index < -0.39 is 11.9 Å². The van der Waals surface area contributed by atoms with Gasteiger partial charge in [0.05, 0.1) is 0 Å². The second-order valence-electron chi connectivity index (χ2n) is 3.60. The van der Waals surface area contributed by atoms with Crippen LogP contribution in [0.4, 0.5) is 13.2 Å². The Labute approximate surface area is 85.1 Å². The molecule has 1 rings (SSSR count). The Morgan fingerprint density at radius 2 is 2.13 bits per heavy atom. The highest BCUT2D eigenvalue weighted by molar-refractivity contribution is 5.24. The molecule has 1 heterocycles. The van der Waals surface area contributed by atoms with Crippen LogP contribution in [0.1, 0.15) is 25.2 Å². The summed E-state index contributed by atoms with van der Waals surface area (Å²) in [5.74, 6) is 0.137. The van der Waals surface area contributed by atoms with E-state index in [9.17, 15) is 13.2 Å². The highest BCUT2D eigenvalue weighted by atomic mass is 19.4. The van der Waals surface area contributed by atoms with Crippen LogP contribution in [0.3, 0.4) is 0 Å². The number of alkyl halides is 3. The second kappa shape index (κ2) is 3.93. The van der Waals surface area contributed by atoms with Gasteiger partial charge >= 0.3 is 6.18 Å². The third-order valence-electron chi connectivity index (χ3n) is 1.72. The van der Waals surface area contributed by atoms with Crippen LogP contribution in [-0.2, 0) is 12.7 Å². The third kappa shape index (κ3) is 2.72. The number of aromatic nitrogens is 2. The monoisotopic (exact) mass is 217 g/mol. The molecular weight excluding hydrogens is 207 g/mol. The van der Waals surface area contributed by atoms with E-state index in [0.29, 0.717) is 6.54 Å². The highest BCUT2D eigenvalue weighted by Crippen LogP contribution is 2.28. The van der Waals surface area contributed by atoms with Crippen molar-refractivity contribution in [1.82, 2.24) is 9.78 Å². The molecule has 0 atom stereocenters. The van der Waals surface area contributed by atoms with Crippen molar-refractivity contribution in [3.8, 4) is 6.07 Å². The molecule has 15 heavy (non-hydrogen) atoms. The van der Waals surface area contributed by atoms with Gasteiger partial charge in [-0.2, -0.15) is 23.5 Å². The molecule has 0 saturated carbocycles. The average Bonchev–Trinajstić information content (AvgIpc) is 2.45. The summed E-state index contributed by atoms with van der Waals surface area (Å²) in [5, 5.41) is 12.0. The van der Waals surface area contributed by atoms with Crippen LogP contribution in [0.15, 0.2) is 6.07 Å². The van der Waals surface area contributed by atoms with Crippen LogP contribution in [0.25, 0.3) is 0 Å². The Morgan fingerprint density at radius 3 is 2.53 bits per heavy atom. The van der Waals surface area contributed by atoms with E-state index in [-0.39, 0.29) is 11.6 Å². The van der Waals surface area contributed by atoms with E-state index in [1.807, 2.05) is 13.8 Å². The van der Waals surface area contributed by atoms with Gasteiger partial charge in [-0.1, -0.05) is 13.8 Å². The van der Waals surface area contributed by atoms with E-state index in [1.54, 1.807) is 6.07 Å². The molecule has 6 heteroatoms. The Morgan fingerprint density at radius 1 is 1.53 bits per heavy atom. The van der Waals surface area contributed by atoms with Crippen molar-refractivity contribution in [2.45, 2.75) is 26.6 Å². The molecule has 0 amide bonds. The quantitative estimate of drug-likeness (QED) is 0.763. The van der Waals surface area contributed by atoms with Crippen LogP contribution < -0.4 is 0 Å². The summed E-state index contributed by atoms with van der Waals surface area (Å²) in [6, 6.07) is 2.46. The lowest BCUT2D eigenvalue weighted by atomic mass is 10.2. The maximum atomic E-state index is 12.3. The molecule has 0 aliphatic heterocycles. The van der Waals surface area contributed by atoms with E-state index in [1.165, 1.54) is 0 Å². The topological polar surface area (TPSA) is 41.6 Å². The van der Waals surface area contributed by atoms with Crippen molar-refractivity contribution in [3.05, 3.63) is 17.5 Å². The molecule has 0 bridgehead atoms. The fourth-order valence-electron chi connectivity index (χ4n) is 1.13. The van der Waals surface area contributed by atoms with Crippen LogP contribution in [0, 0.1) is 17.2 Å². The number of nitrogens with zero attached hydrogens (tertiary/aromatic N) is 3. The minimum atomic E-state index is -4.49. The zero-order chi connectivity index (χ0) is 11.6. The van der Waals surface area contributed by atoms with Gasteiger partial charge in [-0.25, -0.2) is 0 Å². The molecule has 0 unspecified atom stereocenters. The lowest BCUT2D eigenvalue weighted by Gasteiger charge is -2.05. The van der Waals surface area contributed by atoms with Gasteiger partial charge in [-0.15, -0.1) is 0 Å². The van der Waals surface area contributed by atoms with Crippen molar-refractivity contribution in [2.24, 2.45) is 5.92 Å². The SMILES string of the molecule is CC(C)Cn1nc(C(F)(F)F)cc1C#N. The number of halogens is 3. The summed E-state index contributed by atoms with van der Waals surface area (Å²) in [6.45, 7) is 3.99. The first-order valence-corrected chi connectivity index (χ1v) is 4.39. The van der Waals surface area contributed by atoms with E-state index in [2.05, 4.69) is 5.10 Å². The first-order chi connectivity index (χ1) is 6.84. The molecule has 0 aromatic carbocycles. The maximum Gasteiger partial charge on any atom is 0.435 e. The third-order valence-corrected chi connectivity index (χ3v) is 1.72. The fraction of sp³-hybridized carbons (Fsp3) is 0.556. The molecule has 82 valence electrons. The molecule has 0 fully saturated rings. The van der Waals surface area contributed by atoms with Gasteiger partial charge < -0.3 is 0 Å². The van der Waals surface area contributed by atoms with Crippen LogP contribution in [0.5, 0.6) is 0 Å².